The second kappa shape index (κ2) is 10.7. The molecule has 1 aliphatic heterocycles. The molecule has 1 heterocycles. The molecule has 0 bridgehead atoms. The van der Waals surface area contributed by atoms with E-state index in [1.165, 1.54) is 6.21 Å². The standard InChI is InChI=1S/C24H32N6O2/c1-16(26)24-21-8-3-17(18(14-25)15-28-2)13-22(21)23(9-10-30(24)27)29-19-4-6-20(7-5-19)32-12-11-31/h3-8,13-15,23,25,28-29,31H,9-12,26-27H2,1-2H3/b18-15+,24-16-,25-14?. The summed E-state index contributed by atoms with van der Waals surface area (Å²) in [5.41, 5.74) is 12.4. The van der Waals surface area contributed by atoms with Crippen LogP contribution in [0.5, 0.6) is 5.75 Å². The zero-order valence-electron chi connectivity index (χ0n) is 18.6. The van der Waals surface area contributed by atoms with Crippen LogP contribution in [0.1, 0.15) is 36.1 Å². The number of rotatable bonds is 8. The molecular formula is C24H32N6O2. The fourth-order valence-corrected chi connectivity index (χ4v) is 3.90. The van der Waals surface area contributed by atoms with Gasteiger partial charge in [-0.2, -0.15) is 0 Å². The summed E-state index contributed by atoms with van der Waals surface area (Å²) in [4.78, 5) is 0. The first-order valence-corrected chi connectivity index (χ1v) is 10.6. The van der Waals surface area contributed by atoms with Gasteiger partial charge in [-0.1, -0.05) is 12.1 Å². The number of nitrogens with one attached hydrogen (secondary N) is 3. The number of allylic oxidation sites excluding steroid dienone is 2. The van der Waals surface area contributed by atoms with E-state index in [0.29, 0.717) is 18.0 Å². The quantitative estimate of drug-likeness (QED) is 0.277. The van der Waals surface area contributed by atoms with Gasteiger partial charge in [0.05, 0.1) is 18.3 Å². The molecule has 3 rings (SSSR count). The van der Waals surface area contributed by atoms with Crippen molar-refractivity contribution in [1.29, 1.82) is 5.41 Å². The number of aliphatic hydroxyl groups is 1. The molecule has 1 unspecified atom stereocenters. The molecule has 8 N–H and O–H groups in total. The van der Waals surface area contributed by atoms with Gasteiger partial charge in [-0.15, -0.1) is 0 Å². The largest absolute Gasteiger partial charge is 0.491 e. The summed E-state index contributed by atoms with van der Waals surface area (Å²) in [6, 6.07) is 13.8. The van der Waals surface area contributed by atoms with E-state index in [-0.39, 0.29) is 19.3 Å². The van der Waals surface area contributed by atoms with Gasteiger partial charge in [-0.05, 0) is 54.8 Å². The first-order valence-electron chi connectivity index (χ1n) is 10.6. The molecule has 0 saturated heterocycles. The van der Waals surface area contributed by atoms with Gasteiger partial charge in [0.2, 0.25) is 0 Å². The predicted octanol–water partition coefficient (Wildman–Crippen LogP) is 2.65. The van der Waals surface area contributed by atoms with E-state index in [4.69, 9.17) is 26.8 Å². The maximum Gasteiger partial charge on any atom is 0.119 e. The molecule has 0 saturated carbocycles. The van der Waals surface area contributed by atoms with E-state index in [9.17, 15) is 0 Å². The lowest BCUT2D eigenvalue weighted by Crippen LogP contribution is -2.31. The first-order chi connectivity index (χ1) is 15.5. The van der Waals surface area contributed by atoms with Crippen LogP contribution in [0.15, 0.2) is 54.4 Å². The van der Waals surface area contributed by atoms with Crippen LogP contribution in [0.4, 0.5) is 5.69 Å². The maximum atomic E-state index is 8.93. The molecule has 0 spiro atoms. The van der Waals surface area contributed by atoms with Gasteiger partial charge in [0.25, 0.3) is 0 Å². The van der Waals surface area contributed by atoms with Gasteiger partial charge in [0.15, 0.2) is 0 Å². The van der Waals surface area contributed by atoms with E-state index >= 15 is 0 Å². The van der Waals surface area contributed by atoms with Crippen molar-refractivity contribution in [2.24, 2.45) is 11.6 Å². The molecule has 0 amide bonds. The normalized spacial score (nSPS) is 17.8. The molecule has 1 aliphatic rings. The highest BCUT2D eigenvalue weighted by atomic mass is 16.5. The molecule has 2 aromatic rings. The van der Waals surface area contributed by atoms with Crippen molar-refractivity contribution in [2.45, 2.75) is 19.4 Å². The number of hydrogen-bond donors (Lipinski definition) is 6. The van der Waals surface area contributed by atoms with Crippen LogP contribution in [0.2, 0.25) is 0 Å². The summed E-state index contributed by atoms with van der Waals surface area (Å²) < 4.78 is 5.45. The lowest BCUT2D eigenvalue weighted by atomic mass is 9.92. The van der Waals surface area contributed by atoms with Crippen LogP contribution in [-0.4, -0.2) is 43.1 Å². The van der Waals surface area contributed by atoms with Crippen LogP contribution >= 0.6 is 0 Å². The molecule has 0 fully saturated rings. The number of nitrogens with two attached hydrogens (primary N) is 2. The molecule has 1 atom stereocenters. The Morgan fingerprint density at radius 3 is 2.66 bits per heavy atom. The van der Waals surface area contributed by atoms with Crippen LogP contribution in [0, 0.1) is 5.41 Å². The average Bonchev–Trinajstić information content (AvgIpc) is 2.93. The Hall–Kier alpha value is -3.49. The Balaban J connectivity index is 2.02. The first kappa shape index (κ1) is 23.2. The minimum absolute atomic E-state index is 0.0152. The van der Waals surface area contributed by atoms with Crippen molar-refractivity contribution in [3.8, 4) is 5.75 Å². The molecule has 8 nitrogen and oxygen atoms in total. The van der Waals surface area contributed by atoms with E-state index in [2.05, 4.69) is 16.7 Å². The van der Waals surface area contributed by atoms with Crippen molar-refractivity contribution in [3.05, 3.63) is 71.1 Å². The highest BCUT2D eigenvalue weighted by Crippen LogP contribution is 2.36. The number of benzene rings is 2. The summed E-state index contributed by atoms with van der Waals surface area (Å²) in [5, 5.41) is 25.0. The fourth-order valence-electron chi connectivity index (χ4n) is 3.90. The van der Waals surface area contributed by atoms with Crippen LogP contribution < -0.4 is 26.9 Å². The zero-order valence-corrected chi connectivity index (χ0v) is 18.6. The molecule has 2 aromatic carbocycles. The molecule has 32 heavy (non-hydrogen) atoms. The number of hydrogen-bond acceptors (Lipinski definition) is 8. The van der Waals surface area contributed by atoms with E-state index in [1.54, 1.807) is 11.2 Å². The van der Waals surface area contributed by atoms with Crippen LogP contribution in [0.25, 0.3) is 11.3 Å². The Morgan fingerprint density at radius 2 is 2.03 bits per heavy atom. The SMILES string of the molecule is CN/C=C(\C=N)c1ccc2c(c1)C(Nc1ccc(OCCO)cc1)CCN(N)/C2=C(/C)N. The smallest absolute Gasteiger partial charge is 0.119 e. The fraction of sp³-hybridized carbons (Fsp3) is 0.292. The summed E-state index contributed by atoms with van der Waals surface area (Å²) in [7, 11) is 1.82. The Kier molecular flexibility index (Phi) is 7.75. The number of ether oxygens (including phenoxy) is 1. The van der Waals surface area contributed by atoms with Gasteiger partial charge < -0.3 is 36.6 Å². The summed E-state index contributed by atoms with van der Waals surface area (Å²) >= 11 is 0. The maximum absolute atomic E-state index is 8.93. The number of nitrogens with zero attached hydrogens (tertiary/aromatic N) is 1. The molecule has 8 heteroatoms. The third-order valence-corrected chi connectivity index (χ3v) is 5.35. The van der Waals surface area contributed by atoms with Crippen molar-refractivity contribution in [1.82, 2.24) is 10.3 Å². The van der Waals surface area contributed by atoms with E-state index in [0.717, 1.165) is 40.1 Å². The highest BCUT2D eigenvalue weighted by Gasteiger charge is 2.26. The van der Waals surface area contributed by atoms with E-state index in [1.807, 2.05) is 50.4 Å². The van der Waals surface area contributed by atoms with Gasteiger partial charge in [0.1, 0.15) is 12.4 Å². The summed E-state index contributed by atoms with van der Waals surface area (Å²) in [6.07, 6.45) is 3.91. The average molecular weight is 437 g/mol. The number of aliphatic hydroxyl groups excluding tert-OH is 1. The monoisotopic (exact) mass is 436 g/mol. The minimum atomic E-state index is -0.0209. The lowest BCUT2D eigenvalue weighted by Gasteiger charge is -2.22. The molecule has 0 radical (unpaired) electrons. The van der Waals surface area contributed by atoms with Gasteiger partial charge in [0, 0.05) is 48.5 Å². The second-order valence-electron chi connectivity index (χ2n) is 7.64. The number of hydrazine groups is 1. The van der Waals surface area contributed by atoms with Crippen molar-refractivity contribution < 1.29 is 9.84 Å². The van der Waals surface area contributed by atoms with Crippen molar-refractivity contribution in [2.75, 3.05) is 32.1 Å². The van der Waals surface area contributed by atoms with Crippen molar-refractivity contribution >= 4 is 23.2 Å². The third-order valence-electron chi connectivity index (χ3n) is 5.35. The molecule has 0 aromatic heterocycles. The zero-order chi connectivity index (χ0) is 23.1. The van der Waals surface area contributed by atoms with Crippen LogP contribution in [0.3, 0.4) is 0 Å². The van der Waals surface area contributed by atoms with E-state index < -0.39 is 0 Å². The Labute approximate surface area is 189 Å². The molecular weight excluding hydrogens is 404 g/mol. The van der Waals surface area contributed by atoms with Gasteiger partial charge in [-0.25, -0.2) is 5.84 Å². The van der Waals surface area contributed by atoms with Crippen molar-refractivity contribution in [3.63, 3.8) is 0 Å². The lowest BCUT2D eigenvalue weighted by molar-refractivity contribution is 0.201. The molecule has 0 aliphatic carbocycles. The Morgan fingerprint density at radius 1 is 1.28 bits per heavy atom. The summed E-state index contributed by atoms with van der Waals surface area (Å²) in [6.45, 7) is 2.73. The van der Waals surface area contributed by atoms with Crippen LogP contribution in [-0.2, 0) is 0 Å². The van der Waals surface area contributed by atoms with Gasteiger partial charge in [-0.3, -0.25) is 0 Å². The predicted molar refractivity (Wildman–Crippen MR) is 130 cm³/mol. The number of fused-ring (bicyclic) bond motifs is 1. The third kappa shape index (κ3) is 5.22. The number of anilines is 1. The van der Waals surface area contributed by atoms with Gasteiger partial charge >= 0.3 is 0 Å². The minimum Gasteiger partial charge on any atom is -0.491 e. The summed E-state index contributed by atoms with van der Waals surface area (Å²) in [5.74, 6) is 7.07. The second-order valence-corrected chi connectivity index (χ2v) is 7.64. The molecule has 170 valence electrons. The Bertz CT molecular complexity index is 996. The highest BCUT2D eigenvalue weighted by molar-refractivity contribution is 6.08. The topological polar surface area (TPSA) is 133 Å².